The Kier molecular flexibility index (Phi) is 6.06. The van der Waals surface area contributed by atoms with Crippen molar-refractivity contribution in [1.29, 1.82) is 0 Å². The first-order chi connectivity index (χ1) is 9.71. The normalized spacial score (nSPS) is 12.8. The van der Waals surface area contributed by atoms with E-state index in [1.807, 2.05) is 39.0 Å². The predicted molar refractivity (Wildman–Crippen MR) is 87.4 cm³/mol. The molecule has 0 bridgehead atoms. The number of aryl methyl sites for hydroxylation is 1. The Hall–Kier alpha value is -1.71. The minimum Gasteiger partial charge on any atom is -0.444 e. The number of nitrogens with two attached hydrogens (primary N) is 1. The van der Waals surface area contributed by atoms with Crippen LogP contribution in [0.1, 0.15) is 51.7 Å². The Morgan fingerprint density at radius 1 is 1.38 bits per heavy atom. The number of amides is 1. The maximum Gasteiger partial charge on any atom is 0.407 e. The molecule has 1 amide bonds. The Labute approximate surface area is 128 Å². The molecule has 21 heavy (non-hydrogen) atoms. The highest BCUT2D eigenvalue weighted by Crippen LogP contribution is 2.17. The molecule has 0 aliphatic heterocycles. The van der Waals surface area contributed by atoms with Crippen LogP contribution >= 0.6 is 0 Å². The van der Waals surface area contributed by atoms with Crippen molar-refractivity contribution < 1.29 is 9.53 Å². The van der Waals surface area contributed by atoms with Crippen molar-refractivity contribution in [2.45, 2.75) is 65.5 Å². The van der Waals surface area contributed by atoms with Gasteiger partial charge in [0.15, 0.2) is 0 Å². The second kappa shape index (κ2) is 7.34. The smallest absolute Gasteiger partial charge is 0.407 e. The van der Waals surface area contributed by atoms with Crippen LogP contribution in [0.15, 0.2) is 18.2 Å². The quantitative estimate of drug-likeness (QED) is 0.811. The number of carbonyl (C=O) groups excluding carboxylic acids is 1. The van der Waals surface area contributed by atoms with E-state index in [4.69, 9.17) is 10.5 Å². The van der Waals surface area contributed by atoms with Crippen LogP contribution < -0.4 is 11.1 Å². The Bertz CT molecular complexity index is 478. The average Bonchev–Trinajstić information content (AvgIpc) is 2.31. The Morgan fingerprint density at radius 3 is 2.62 bits per heavy atom. The molecule has 0 fully saturated rings. The van der Waals surface area contributed by atoms with Crippen molar-refractivity contribution in [3.05, 3.63) is 29.3 Å². The summed E-state index contributed by atoms with van der Waals surface area (Å²) in [4.78, 5) is 11.9. The molecule has 4 heteroatoms. The zero-order valence-electron chi connectivity index (χ0n) is 13.8. The van der Waals surface area contributed by atoms with Crippen molar-refractivity contribution in [2.75, 3.05) is 5.73 Å². The van der Waals surface area contributed by atoms with Crippen LogP contribution in [0.3, 0.4) is 0 Å². The summed E-state index contributed by atoms with van der Waals surface area (Å²) in [6, 6.07) is 5.95. The zero-order chi connectivity index (χ0) is 16.0. The van der Waals surface area contributed by atoms with Gasteiger partial charge in [-0.15, -0.1) is 0 Å². The van der Waals surface area contributed by atoms with Gasteiger partial charge < -0.3 is 15.8 Å². The van der Waals surface area contributed by atoms with Crippen LogP contribution in [-0.2, 0) is 11.2 Å². The molecule has 4 nitrogen and oxygen atoms in total. The number of nitrogen functional groups attached to an aromatic ring is 1. The van der Waals surface area contributed by atoms with Gasteiger partial charge in [0.2, 0.25) is 0 Å². The van der Waals surface area contributed by atoms with Gasteiger partial charge >= 0.3 is 6.09 Å². The van der Waals surface area contributed by atoms with Crippen LogP contribution in [0.25, 0.3) is 0 Å². The van der Waals surface area contributed by atoms with Gasteiger partial charge in [-0.3, -0.25) is 0 Å². The number of rotatable bonds is 5. The van der Waals surface area contributed by atoms with Gasteiger partial charge in [0.05, 0.1) is 0 Å². The third-order valence-corrected chi connectivity index (χ3v) is 3.20. The highest BCUT2D eigenvalue weighted by molar-refractivity contribution is 5.68. The molecule has 0 saturated carbocycles. The molecule has 1 aromatic rings. The van der Waals surface area contributed by atoms with E-state index in [-0.39, 0.29) is 12.1 Å². The monoisotopic (exact) mass is 292 g/mol. The number of benzene rings is 1. The lowest BCUT2D eigenvalue weighted by molar-refractivity contribution is 0.0501. The van der Waals surface area contributed by atoms with Gasteiger partial charge in [0, 0.05) is 11.7 Å². The second-order valence-corrected chi connectivity index (χ2v) is 6.52. The van der Waals surface area contributed by atoms with E-state index in [1.54, 1.807) is 0 Å². The van der Waals surface area contributed by atoms with E-state index in [1.165, 1.54) is 11.1 Å². The molecule has 0 saturated heterocycles. The van der Waals surface area contributed by atoms with Crippen molar-refractivity contribution in [3.8, 4) is 0 Å². The summed E-state index contributed by atoms with van der Waals surface area (Å²) < 4.78 is 5.33. The molecule has 0 spiro atoms. The number of ether oxygens (including phenoxy) is 1. The molecular formula is C17H28N2O2. The summed E-state index contributed by atoms with van der Waals surface area (Å²) in [6.45, 7) is 9.76. The van der Waals surface area contributed by atoms with Crippen LogP contribution in [0.4, 0.5) is 10.5 Å². The minimum absolute atomic E-state index is 0.0605. The fraction of sp³-hybridized carbons (Fsp3) is 0.588. The number of nitrogens with one attached hydrogen (secondary N) is 1. The standard InChI is InChI=1S/C17H28N2O2/c1-6-7-15(19-16(20)21-17(3,4)5)11-13-10-14(18)9-8-12(13)2/h8-10,15H,6-7,11,18H2,1-5H3,(H,19,20). The predicted octanol–water partition coefficient (Wildman–Crippen LogP) is 3.81. The van der Waals surface area contributed by atoms with Gasteiger partial charge in [-0.05, 0) is 63.8 Å². The summed E-state index contributed by atoms with van der Waals surface area (Å²) in [5, 5.41) is 2.97. The Morgan fingerprint density at radius 2 is 2.05 bits per heavy atom. The lowest BCUT2D eigenvalue weighted by Gasteiger charge is -2.24. The highest BCUT2D eigenvalue weighted by atomic mass is 16.6. The number of anilines is 1. The molecule has 0 radical (unpaired) electrons. The molecule has 1 rings (SSSR count). The van der Waals surface area contributed by atoms with E-state index in [2.05, 4.69) is 19.2 Å². The fourth-order valence-electron chi connectivity index (χ4n) is 2.22. The van der Waals surface area contributed by atoms with Gasteiger partial charge in [-0.25, -0.2) is 4.79 Å². The number of alkyl carbamates (subject to hydrolysis) is 1. The van der Waals surface area contributed by atoms with Crippen molar-refractivity contribution in [3.63, 3.8) is 0 Å². The van der Waals surface area contributed by atoms with Crippen molar-refractivity contribution in [2.24, 2.45) is 0 Å². The van der Waals surface area contributed by atoms with Gasteiger partial charge in [-0.2, -0.15) is 0 Å². The average molecular weight is 292 g/mol. The molecule has 3 N–H and O–H groups in total. The molecule has 1 aromatic carbocycles. The van der Waals surface area contributed by atoms with E-state index in [0.717, 1.165) is 24.9 Å². The van der Waals surface area contributed by atoms with Gasteiger partial charge in [-0.1, -0.05) is 19.4 Å². The molecule has 118 valence electrons. The first kappa shape index (κ1) is 17.3. The second-order valence-electron chi connectivity index (χ2n) is 6.52. The molecule has 0 heterocycles. The first-order valence-corrected chi connectivity index (χ1v) is 7.55. The molecule has 0 aliphatic carbocycles. The number of hydrogen-bond donors (Lipinski definition) is 2. The van der Waals surface area contributed by atoms with Gasteiger partial charge in [0.1, 0.15) is 5.60 Å². The molecule has 1 atom stereocenters. The maximum absolute atomic E-state index is 11.9. The fourth-order valence-corrected chi connectivity index (χ4v) is 2.22. The molecule has 0 aromatic heterocycles. The SMILES string of the molecule is CCCC(Cc1cc(N)ccc1C)NC(=O)OC(C)(C)C. The zero-order valence-corrected chi connectivity index (χ0v) is 13.8. The van der Waals surface area contributed by atoms with Crippen LogP contribution in [0.2, 0.25) is 0 Å². The van der Waals surface area contributed by atoms with Crippen LogP contribution in [-0.4, -0.2) is 17.7 Å². The van der Waals surface area contributed by atoms with Crippen LogP contribution in [0.5, 0.6) is 0 Å². The largest absolute Gasteiger partial charge is 0.444 e. The summed E-state index contributed by atoms with van der Waals surface area (Å²) in [7, 11) is 0. The third-order valence-electron chi connectivity index (χ3n) is 3.20. The first-order valence-electron chi connectivity index (χ1n) is 7.55. The Balaban J connectivity index is 2.73. The third kappa shape index (κ3) is 6.52. The van der Waals surface area contributed by atoms with Gasteiger partial charge in [0.25, 0.3) is 0 Å². The topological polar surface area (TPSA) is 64.3 Å². The number of carbonyl (C=O) groups is 1. The number of hydrogen-bond acceptors (Lipinski definition) is 3. The highest BCUT2D eigenvalue weighted by Gasteiger charge is 2.19. The van der Waals surface area contributed by atoms with E-state index < -0.39 is 5.60 Å². The molecule has 1 unspecified atom stereocenters. The van der Waals surface area contributed by atoms with Crippen molar-refractivity contribution >= 4 is 11.8 Å². The van der Waals surface area contributed by atoms with E-state index >= 15 is 0 Å². The lowest BCUT2D eigenvalue weighted by Crippen LogP contribution is -2.40. The summed E-state index contributed by atoms with van der Waals surface area (Å²) in [5.74, 6) is 0. The lowest BCUT2D eigenvalue weighted by atomic mass is 9.98. The van der Waals surface area contributed by atoms with E-state index in [9.17, 15) is 4.79 Å². The van der Waals surface area contributed by atoms with E-state index in [0.29, 0.717) is 0 Å². The molecular weight excluding hydrogens is 264 g/mol. The summed E-state index contributed by atoms with van der Waals surface area (Å²) >= 11 is 0. The minimum atomic E-state index is -0.478. The van der Waals surface area contributed by atoms with Crippen molar-refractivity contribution in [1.82, 2.24) is 5.32 Å². The molecule has 0 aliphatic rings. The summed E-state index contributed by atoms with van der Waals surface area (Å²) in [5.41, 5.74) is 8.49. The van der Waals surface area contributed by atoms with Crippen LogP contribution in [0, 0.1) is 6.92 Å². The summed E-state index contributed by atoms with van der Waals surface area (Å²) in [6.07, 6.45) is 2.32. The maximum atomic E-state index is 11.9.